The van der Waals surface area contributed by atoms with E-state index in [4.69, 9.17) is 18.9 Å². The standard InChI is InChI=1S/C25H26N6O6/c1-3-26-25(33)30-22-19-23(28-13-27-22)31(14-29-19)24-21-20(16(35-24)10-11-17(32)34-2)36-18(37-21)12-9-15-7-5-4-6-8-15/h4-14,16,18,20-21,24H,3H2,1-2H3,(H2,26,27,28,30,33)/t16?,18-,20-,21?,24?/m1/s1. The number of ether oxygens (including phenoxy) is 4. The van der Waals surface area contributed by atoms with Crippen molar-refractivity contribution in [1.29, 1.82) is 0 Å². The van der Waals surface area contributed by atoms with E-state index in [1.807, 2.05) is 49.4 Å². The van der Waals surface area contributed by atoms with Crippen LogP contribution in [0.5, 0.6) is 0 Å². The molecule has 5 atom stereocenters. The molecular formula is C25H26N6O6. The highest BCUT2D eigenvalue weighted by molar-refractivity contribution is 5.95. The van der Waals surface area contributed by atoms with Gasteiger partial charge in [0.1, 0.15) is 24.6 Å². The van der Waals surface area contributed by atoms with Crippen LogP contribution in [0.25, 0.3) is 17.2 Å². The molecule has 12 heteroatoms. The van der Waals surface area contributed by atoms with Crippen molar-refractivity contribution in [3.8, 4) is 0 Å². The van der Waals surface area contributed by atoms with Gasteiger partial charge in [-0.3, -0.25) is 9.88 Å². The number of rotatable bonds is 7. The summed E-state index contributed by atoms with van der Waals surface area (Å²) in [4.78, 5) is 36.7. The number of imidazole rings is 1. The van der Waals surface area contributed by atoms with E-state index < -0.39 is 42.8 Å². The molecule has 37 heavy (non-hydrogen) atoms. The number of nitrogens with zero attached hydrogens (tertiary/aromatic N) is 4. The lowest BCUT2D eigenvalue weighted by Gasteiger charge is -2.19. The summed E-state index contributed by atoms with van der Waals surface area (Å²) in [7, 11) is 1.30. The largest absolute Gasteiger partial charge is 0.466 e. The van der Waals surface area contributed by atoms with E-state index in [9.17, 15) is 9.59 Å². The van der Waals surface area contributed by atoms with Crippen molar-refractivity contribution in [2.75, 3.05) is 19.0 Å². The van der Waals surface area contributed by atoms with E-state index in [1.165, 1.54) is 19.5 Å². The van der Waals surface area contributed by atoms with Crippen molar-refractivity contribution in [1.82, 2.24) is 24.8 Å². The van der Waals surface area contributed by atoms with Crippen molar-refractivity contribution in [2.24, 2.45) is 0 Å². The van der Waals surface area contributed by atoms with Gasteiger partial charge >= 0.3 is 12.0 Å². The number of nitrogens with one attached hydrogen (secondary N) is 2. The summed E-state index contributed by atoms with van der Waals surface area (Å²) in [5, 5.41) is 5.33. The number of carbonyl (C=O) groups is 2. The predicted molar refractivity (Wildman–Crippen MR) is 132 cm³/mol. The fourth-order valence-corrected chi connectivity index (χ4v) is 4.21. The summed E-state index contributed by atoms with van der Waals surface area (Å²) in [6.45, 7) is 2.28. The maximum absolute atomic E-state index is 12.0. The minimum atomic E-state index is -0.676. The third-order valence-corrected chi connectivity index (χ3v) is 5.88. The minimum absolute atomic E-state index is 0.263. The summed E-state index contributed by atoms with van der Waals surface area (Å²) in [5.41, 5.74) is 1.84. The van der Waals surface area contributed by atoms with Crippen LogP contribution < -0.4 is 10.6 Å². The summed E-state index contributed by atoms with van der Waals surface area (Å²) < 4.78 is 25.0. The van der Waals surface area contributed by atoms with Crippen LogP contribution in [0.2, 0.25) is 0 Å². The van der Waals surface area contributed by atoms with Gasteiger partial charge < -0.3 is 24.3 Å². The maximum Gasteiger partial charge on any atom is 0.330 e. The molecule has 4 heterocycles. The zero-order valence-electron chi connectivity index (χ0n) is 20.2. The number of anilines is 1. The lowest BCUT2D eigenvalue weighted by Crippen LogP contribution is -2.29. The van der Waals surface area contributed by atoms with Gasteiger partial charge in [0.2, 0.25) is 0 Å². The number of fused-ring (bicyclic) bond motifs is 2. The van der Waals surface area contributed by atoms with Gasteiger partial charge in [0.05, 0.1) is 13.4 Å². The Bertz CT molecular complexity index is 1330. The number of hydrogen-bond donors (Lipinski definition) is 2. The smallest absolute Gasteiger partial charge is 0.330 e. The molecule has 2 fully saturated rings. The molecule has 2 aromatic heterocycles. The highest BCUT2D eigenvalue weighted by Gasteiger charge is 2.52. The van der Waals surface area contributed by atoms with E-state index in [0.717, 1.165) is 5.56 Å². The Hall–Kier alpha value is -4.13. The van der Waals surface area contributed by atoms with E-state index in [-0.39, 0.29) is 5.82 Å². The average Bonchev–Trinajstić information content (AvgIpc) is 3.61. The number of methoxy groups -OCH3 is 1. The molecule has 0 aliphatic carbocycles. The van der Waals surface area contributed by atoms with E-state index in [1.54, 1.807) is 17.0 Å². The second-order valence-electron chi connectivity index (χ2n) is 8.24. The van der Waals surface area contributed by atoms with Crippen LogP contribution in [0.1, 0.15) is 18.7 Å². The average molecular weight is 507 g/mol. The molecule has 0 saturated carbocycles. The highest BCUT2D eigenvalue weighted by Crippen LogP contribution is 2.41. The van der Waals surface area contributed by atoms with Gasteiger partial charge in [-0.2, -0.15) is 0 Å². The molecule has 2 N–H and O–H groups in total. The van der Waals surface area contributed by atoms with Crippen LogP contribution >= 0.6 is 0 Å². The number of urea groups is 1. The number of benzene rings is 1. The Balaban J connectivity index is 1.43. The Kier molecular flexibility index (Phi) is 7.21. The van der Waals surface area contributed by atoms with Gasteiger partial charge in [-0.15, -0.1) is 0 Å². The molecule has 3 unspecified atom stereocenters. The Morgan fingerprint density at radius 1 is 1.08 bits per heavy atom. The molecular weight excluding hydrogens is 480 g/mol. The van der Waals surface area contributed by atoms with Crippen LogP contribution in [-0.4, -0.2) is 69.8 Å². The zero-order valence-corrected chi connectivity index (χ0v) is 20.2. The molecule has 2 aliphatic rings. The molecule has 1 aromatic carbocycles. The Morgan fingerprint density at radius 2 is 1.89 bits per heavy atom. The van der Waals surface area contributed by atoms with Crippen molar-refractivity contribution < 1.29 is 28.5 Å². The van der Waals surface area contributed by atoms with E-state index in [0.29, 0.717) is 17.7 Å². The summed E-state index contributed by atoms with van der Waals surface area (Å²) >= 11 is 0. The minimum Gasteiger partial charge on any atom is -0.466 e. The normalized spacial score (nSPS) is 25.1. The van der Waals surface area contributed by atoms with Gasteiger partial charge in [-0.25, -0.2) is 24.5 Å². The molecule has 0 spiro atoms. The number of hydrogen-bond acceptors (Lipinski definition) is 9. The van der Waals surface area contributed by atoms with Gasteiger partial charge in [-0.05, 0) is 24.6 Å². The Labute approximate surface area is 212 Å². The summed E-state index contributed by atoms with van der Waals surface area (Å²) in [6, 6.07) is 9.39. The van der Waals surface area contributed by atoms with Crippen molar-refractivity contribution in [3.63, 3.8) is 0 Å². The van der Waals surface area contributed by atoms with Crippen LogP contribution in [0.4, 0.5) is 10.6 Å². The van der Waals surface area contributed by atoms with Gasteiger partial charge in [0, 0.05) is 12.6 Å². The zero-order chi connectivity index (χ0) is 25.8. The topological polar surface area (TPSA) is 139 Å². The lowest BCUT2D eigenvalue weighted by atomic mass is 10.1. The van der Waals surface area contributed by atoms with Crippen molar-refractivity contribution in [2.45, 2.75) is 37.8 Å². The first-order valence-electron chi connectivity index (χ1n) is 11.8. The van der Waals surface area contributed by atoms with Crippen molar-refractivity contribution in [3.05, 3.63) is 66.8 Å². The van der Waals surface area contributed by atoms with Gasteiger partial charge in [0.15, 0.2) is 29.5 Å². The van der Waals surface area contributed by atoms with Crippen LogP contribution in [-0.2, 0) is 23.7 Å². The van der Waals surface area contributed by atoms with Gasteiger partial charge in [-0.1, -0.05) is 36.4 Å². The molecule has 2 amide bonds. The first-order valence-corrected chi connectivity index (χ1v) is 11.8. The number of esters is 1. The SMILES string of the molecule is CCNC(=O)Nc1ncnc2c1ncn2C1OC(C=CC(=O)OC)[C@H]2O[C@@H](C=Cc3ccccc3)OC12. The molecule has 2 saturated heterocycles. The van der Waals surface area contributed by atoms with E-state index in [2.05, 4.69) is 25.6 Å². The predicted octanol–water partition coefficient (Wildman–Crippen LogP) is 2.42. The molecule has 3 aromatic rings. The highest BCUT2D eigenvalue weighted by atomic mass is 16.8. The first kappa shape index (κ1) is 24.6. The second-order valence-corrected chi connectivity index (χ2v) is 8.24. The molecule has 12 nitrogen and oxygen atoms in total. The second kappa shape index (κ2) is 10.9. The van der Waals surface area contributed by atoms with Crippen LogP contribution in [0.15, 0.2) is 61.2 Å². The van der Waals surface area contributed by atoms with Crippen molar-refractivity contribution >= 4 is 35.1 Å². The monoisotopic (exact) mass is 506 g/mol. The van der Waals surface area contributed by atoms with E-state index >= 15 is 0 Å². The third-order valence-electron chi connectivity index (χ3n) is 5.88. The first-order chi connectivity index (χ1) is 18.1. The number of amides is 2. The summed E-state index contributed by atoms with van der Waals surface area (Å²) in [5.74, 6) is -0.247. The van der Waals surface area contributed by atoms with Gasteiger partial charge in [0.25, 0.3) is 0 Å². The fraction of sp³-hybridized carbons (Fsp3) is 0.320. The molecule has 0 radical (unpaired) electrons. The molecule has 2 aliphatic heterocycles. The number of carbonyl (C=O) groups excluding carboxylic acids is 2. The summed E-state index contributed by atoms with van der Waals surface area (Å²) in [6.07, 6.45) is 6.56. The van der Waals surface area contributed by atoms with Crippen LogP contribution in [0.3, 0.4) is 0 Å². The fourth-order valence-electron chi connectivity index (χ4n) is 4.21. The lowest BCUT2D eigenvalue weighted by molar-refractivity contribution is -0.135. The maximum atomic E-state index is 12.0. The molecule has 192 valence electrons. The Morgan fingerprint density at radius 3 is 2.68 bits per heavy atom. The quantitative estimate of drug-likeness (QED) is 0.365. The number of aromatic nitrogens is 4. The molecule has 0 bridgehead atoms. The van der Waals surface area contributed by atoms with Crippen LogP contribution in [0, 0.1) is 0 Å². The third kappa shape index (κ3) is 5.21. The molecule has 5 rings (SSSR count).